The Labute approximate surface area is 461 Å². The second kappa shape index (κ2) is 20.7. The van der Waals surface area contributed by atoms with Crippen LogP contribution in [0.3, 0.4) is 0 Å². The van der Waals surface area contributed by atoms with E-state index in [1.54, 1.807) is 30.7 Å². The van der Waals surface area contributed by atoms with Gasteiger partial charge in [-0.15, -0.1) is 0 Å². The lowest BCUT2D eigenvalue weighted by Gasteiger charge is -2.04. The summed E-state index contributed by atoms with van der Waals surface area (Å²) < 4.78 is 86.5. The predicted octanol–water partition coefficient (Wildman–Crippen LogP) is 10.6. The molecule has 0 bridgehead atoms. The highest BCUT2D eigenvalue weighted by Crippen LogP contribution is 2.33. The Kier molecular flexibility index (Phi) is 10.6. The summed E-state index contributed by atoms with van der Waals surface area (Å²) in [6, 6.07) is 34.3. The molecular weight excluding hydrogens is 933 g/mol. The minimum atomic E-state index is -2.40. The molecule has 0 saturated heterocycles. The van der Waals surface area contributed by atoms with Gasteiger partial charge in [0.25, 0.3) is 0 Å². The summed E-state index contributed by atoms with van der Waals surface area (Å²) in [5, 5.41) is 0. The summed E-state index contributed by atoms with van der Waals surface area (Å²) >= 11 is 0. The van der Waals surface area contributed by atoms with Crippen molar-refractivity contribution in [2.24, 2.45) is 0 Å². The van der Waals surface area contributed by atoms with Crippen LogP contribution in [0.5, 0.6) is 0 Å². The van der Waals surface area contributed by atoms with Gasteiger partial charge in [0.15, 0.2) is 63.7 Å². The van der Waals surface area contributed by atoms with E-state index in [2.05, 4.69) is 119 Å². The normalized spacial score (nSPS) is 15.7. The zero-order chi connectivity index (χ0) is 61.2. The Morgan fingerprint density at radius 2 is 0.974 bits per heavy atom. The number of nitrogens with zero attached hydrogens (tertiary/aromatic N) is 10. The molecule has 1 unspecified atom stereocenters. The molecule has 15 heterocycles. The molecule has 0 aliphatic carbocycles. The minimum absolute atomic E-state index is 0.187. The second-order valence-corrected chi connectivity index (χ2v) is 20.0. The van der Waals surface area contributed by atoms with Crippen LogP contribution in [-0.4, -0.2) is 24.9 Å². The monoisotopic (exact) mass is 1010 g/mol. The first-order chi connectivity index (χ1) is 40.8. The van der Waals surface area contributed by atoms with E-state index in [9.17, 15) is 0 Å². The molecule has 15 rings (SSSR count). The van der Waals surface area contributed by atoms with Gasteiger partial charge in [0, 0.05) is 138 Å². The lowest BCUT2D eigenvalue weighted by molar-refractivity contribution is -0.672. The summed E-state index contributed by atoms with van der Waals surface area (Å²) in [6.07, 6.45) is 17.3. The average molecular weight is 1010 g/mol. The van der Waals surface area contributed by atoms with Gasteiger partial charge in [0.05, 0.1) is 50.6 Å². The predicted molar refractivity (Wildman–Crippen MR) is 297 cm³/mol. The van der Waals surface area contributed by atoms with Crippen LogP contribution in [0.1, 0.15) is 112 Å². The molecule has 0 saturated carbocycles. The van der Waals surface area contributed by atoms with Crippen molar-refractivity contribution in [2.45, 2.75) is 108 Å². The molecule has 0 aromatic carbocycles. The van der Waals surface area contributed by atoms with Gasteiger partial charge in [0.2, 0.25) is 28.5 Å². The van der Waals surface area contributed by atoms with Gasteiger partial charge in [-0.1, -0.05) is 13.8 Å². The van der Waals surface area contributed by atoms with Gasteiger partial charge in [-0.25, -0.2) is 0 Å². The Morgan fingerprint density at radius 3 is 1.57 bits per heavy atom. The second-order valence-electron chi connectivity index (χ2n) is 20.0. The number of hydrogen-bond donors (Lipinski definition) is 0. The molecule has 5 aliphatic rings. The van der Waals surface area contributed by atoms with Gasteiger partial charge in [-0.05, 0) is 121 Å². The molecule has 5 aliphatic heterocycles. The zero-order valence-electron chi connectivity index (χ0n) is 54.0. The summed E-state index contributed by atoms with van der Waals surface area (Å²) in [7, 11) is 0. The molecule has 76 heavy (non-hydrogen) atoms. The summed E-state index contributed by atoms with van der Waals surface area (Å²) in [6.45, 7) is 10.9. The molecule has 0 amide bonds. The third-order valence-electron chi connectivity index (χ3n) is 14.7. The van der Waals surface area contributed by atoms with Gasteiger partial charge in [-0.2, -0.15) is 22.8 Å². The number of hydrogen-bond acceptors (Lipinski definition) is 5. The minimum Gasteiger partial charge on any atom is -0.261 e. The summed E-state index contributed by atoms with van der Waals surface area (Å²) in [5.74, 6) is -1.69. The summed E-state index contributed by atoms with van der Waals surface area (Å²) in [5.41, 5.74) is 24.8. The largest absolute Gasteiger partial charge is 0.261 e. The Balaban J connectivity index is 0.000000112. The van der Waals surface area contributed by atoms with Crippen molar-refractivity contribution in [3.63, 3.8) is 0 Å². The van der Waals surface area contributed by atoms with Crippen LogP contribution in [0.25, 0.3) is 56.3 Å². The highest BCUT2D eigenvalue weighted by molar-refractivity contribution is 5.69. The van der Waals surface area contributed by atoms with E-state index in [0.29, 0.717) is 17.8 Å². The topological polar surface area (TPSA) is 83.9 Å². The molecule has 376 valence electrons. The zero-order valence-corrected chi connectivity index (χ0v) is 44.0. The average Bonchev–Trinajstić information content (AvgIpc) is 2.24. The van der Waals surface area contributed by atoms with Crippen LogP contribution in [-0.2, 0) is 32.7 Å². The first kappa shape index (κ1) is 39.0. The summed E-state index contributed by atoms with van der Waals surface area (Å²) in [4.78, 5) is 21.5. The number of aryl methyl sites for hydroxylation is 8. The van der Waals surface area contributed by atoms with E-state index >= 15 is 0 Å². The van der Waals surface area contributed by atoms with Crippen LogP contribution >= 0.6 is 0 Å². The first-order valence-electron chi connectivity index (χ1n) is 30.6. The van der Waals surface area contributed by atoms with Gasteiger partial charge in [0.1, 0.15) is 0 Å². The van der Waals surface area contributed by atoms with Gasteiger partial charge < -0.3 is 0 Å². The van der Waals surface area contributed by atoms with Crippen LogP contribution in [0, 0.1) is 55.2 Å². The standard InChI is InChI=1S/2C14H15N2.2C13H13N2.C12H11N2/c1-9-6-13-14-11(3)15-5-4-12(14)8-16(13)7-10(9)2;1-10(2)13-7-11-9-16-6-4-3-5-14(16)12(11)8-15-13;1-9-4-6-15-8-11-3-5-14-10(2)13(11)12(15)7-9;1-9-7-11-8-15-6-4-3-5-12(15)13(11)10(2)14-9;1-9-12-10(5-6-13-9)8-14-7-3-2-4-11(12)14/h4-7H,8H2,1-3H3;3-8,10H,9H2,1-2H3;2*3-7H,8H2,1-2H3;2-7H,8H2,1H3/q5*+1/i2D3;1D3,10D;;1D3;. The molecule has 0 N–H and O–H groups in total. The maximum Gasteiger partial charge on any atom is 0.215 e. The van der Waals surface area contributed by atoms with Crippen LogP contribution in [0.15, 0.2) is 159 Å². The molecule has 10 aromatic heterocycles. The fourth-order valence-corrected chi connectivity index (χ4v) is 11.1. The van der Waals surface area contributed by atoms with Crippen LogP contribution < -0.4 is 22.8 Å². The van der Waals surface area contributed by atoms with Crippen LogP contribution in [0.4, 0.5) is 0 Å². The molecule has 0 fully saturated rings. The molecule has 1 atom stereocenters. The fraction of sp³-hybridized carbons (Fsp3) is 0.242. The molecule has 10 nitrogen and oxygen atoms in total. The Morgan fingerprint density at radius 1 is 0.461 bits per heavy atom. The van der Waals surface area contributed by atoms with Crippen molar-refractivity contribution in [1.29, 1.82) is 0 Å². The van der Waals surface area contributed by atoms with Crippen molar-refractivity contribution in [3.05, 3.63) is 238 Å². The van der Waals surface area contributed by atoms with E-state index in [-0.39, 0.29) is 5.69 Å². The highest BCUT2D eigenvalue weighted by Gasteiger charge is 2.32. The van der Waals surface area contributed by atoms with Crippen molar-refractivity contribution >= 4 is 0 Å². The molecule has 0 radical (unpaired) electrons. The smallest absolute Gasteiger partial charge is 0.215 e. The SMILES string of the molecule is Cc1cc[n+]2c(c1)-c1c(ccnc1C)C2.Cc1nccc2c1-c1cccc[n+]1C2.[2H]C([2H])([2H])C([2H])(C)c1cc2c(cn1)-c1cccc[n+]1C2.[2H]C([2H])([2H])c1c[n+]2c(cc1C)-c1c(ccnc1C)C2.[2H]C([2H])([2H])c1cc2c(c(C)n1)-c1cccc[n+]1C2. The maximum absolute atomic E-state index is 8.11. The van der Waals surface area contributed by atoms with E-state index in [0.717, 1.165) is 99.4 Å². The highest BCUT2D eigenvalue weighted by atomic mass is 15.0. The van der Waals surface area contributed by atoms with Crippen molar-refractivity contribution in [1.82, 2.24) is 24.9 Å². The third kappa shape index (κ3) is 9.60. The van der Waals surface area contributed by atoms with Gasteiger partial charge >= 0.3 is 0 Å². The van der Waals surface area contributed by atoms with Gasteiger partial charge in [-0.3, -0.25) is 24.9 Å². The quantitative estimate of drug-likeness (QED) is 0.153. The van der Waals surface area contributed by atoms with Crippen molar-refractivity contribution in [3.8, 4) is 56.3 Å². The number of rotatable bonds is 1. The lowest BCUT2D eigenvalue weighted by atomic mass is 10.0. The third-order valence-corrected chi connectivity index (χ3v) is 14.7. The first-order valence-corrected chi connectivity index (χ1v) is 25.6. The van der Waals surface area contributed by atoms with E-state index in [1.165, 1.54) is 51.7 Å². The lowest BCUT2D eigenvalue weighted by Crippen LogP contribution is -2.32. The molecule has 10 heteroatoms. The number of fused-ring (bicyclic) bond motifs is 15. The fourth-order valence-electron chi connectivity index (χ4n) is 11.1. The maximum atomic E-state index is 8.11. The Bertz CT molecular complexity index is 4310. The molecular formula is C66H67N10+5. The number of aromatic nitrogens is 10. The Hall–Kier alpha value is -8.50. The van der Waals surface area contributed by atoms with Crippen molar-refractivity contribution < 1.29 is 36.5 Å². The molecule has 0 spiro atoms. The molecule has 10 aromatic rings. The number of pyridine rings is 10. The van der Waals surface area contributed by atoms with Crippen LogP contribution in [0.2, 0.25) is 0 Å². The van der Waals surface area contributed by atoms with E-state index < -0.39 is 26.4 Å². The van der Waals surface area contributed by atoms with E-state index in [4.69, 9.17) is 13.7 Å². The van der Waals surface area contributed by atoms with E-state index in [1.807, 2.05) is 98.7 Å². The van der Waals surface area contributed by atoms with Crippen molar-refractivity contribution in [2.75, 3.05) is 0 Å².